The van der Waals surface area contributed by atoms with Crippen molar-refractivity contribution in [2.45, 2.75) is 19.3 Å². The highest BCUT2D eigenvalue weighted by atomic mass is 35.5. The molecule has 0 unspecified atom stereocenters. The third kappa shape index (κ3) is 4.16. The van der Waals surface area contributed by atoms with E-state index in [1.54, 1.807) is 38.1 Å². The second-order valence-electron chi connectivity index (χ2n) is 6.68. The molecule has 3 rings (SSSR count). The van der Waals surface area contributed by atoms with E-state index >= 15 is 0 Å². The van der Waals surface area contributed by atoms with Crippen LogP contribution < -0.4 is 5.32 Å². The van der Waals surface area contributed by atoms with Gasteiger partial charge in [0.05, 0.1) is 17.2 Å². The molecule has 0 fully saturated rings. The van der Waals surface area contributed by atoms with Crippen molar-refractivity contribution in [1.82, 2.24) is 9.97 Å². The molecule has 140 valence electrons. The highest BCUT2D eigenvalue weighted by Gasteiger charge is 2.22. The fourth-order valence-corrected chi connectivity index (χ4v) is 2.74. The molecule has 0 bridgehead atoms. The number of carbonyl (C=O) groups is 1. The van der Waals surface area contributed by atoms with Crippen molar-refractivity contribution in [3.8, 4) is 17.2 Å². The van der Waals surface area contributed by atoms with Gasteiger partial charge in [-0.3, -0.25) is 9.78 Å². The van der Waals surface area contributed by atoms with Gasteiger partial charge in [-0.2, -0.15) is 5.26 Å². The lowest BCUT2D eigenvalue weighted by molar-refractivity contribution is 0.102. The molecule has 1 aromatic carbocycles. The summed E-state index contributed by atoms with van der Waals surface area (Å²) in [5.41, 5.74) is 1.30. The van der Waals surface area contributed by atoms with Crippen molar-refractivity contribution < 1.29 is 9.18 Å². The van der Waals surface area contributed by atoms with Crippen molar-refractivity contribution in [3.05, 3.63) is 77.1 Å². The van der Waals surface area contributed by atoms with Gasteiger partial charge >= 0.3 is 0 Å². The molecule has 0 aliphatic rings. The van der Waals surface area contributed by atoms with E-state index in [-0.39, 0.29) is 11.1 Å². The Morgan fingerprint density at radius 2 is 1.89 bits per heavy atom. The fraction of sp³-hybridized carbons (Fsp3) is 0.143. The number of anilines is 1. The monoisotopic (exact) mass is 394 g/mol. The predicted molar refractivity (Wildman–Crippen MR) is 105 cm³/mol. The van der Waals surface area contributed by atoms with E-state index in [2.05, 4.69) is 21.4 Å². The van der Waals surface area contributed by atoms with Crippen LogP contribution in [-0.2, 0) is 5.41 Å². The zero-order chi connectivity index (χ0) is 20.3. The van der Waals surface area contributed by atoms with Crippen LogP contribution in [-0.4, -0.2) is 15.9 Å². The van der Waals surface area contributed by atoms with E-state index in [4.69, 9.17) is 11.6 Å². The van der Waals surface area contributed by atoms with Crippen molar-refractivity contribution in [1.29, 1.82) is 5.26 Å². The maximum atomic E-state index is 14.3. The Morgan fingerprint density at radius 1 is 1.14 bits per heavy atom. The van der Waals surface area contributed by atoms with Crippen LogP contribution in [0.2, 0.25) is 5.15 Å². The van der Waals surface area contributed by atoms with Crippen LogP contribution in [0.4, 0.5) is 10.1 Å². The van der Waals surface area contributed by atoms with Crippen molar-refractivity contribution >= 4 is 23.2 Å². The molecule has 2 heterocycles. The number of hydrogen-bond donors (Lipinski definition) is 1. The number of aromatic nitrogens is 2. The lowest BCUT2D eigenvalue weighted by atomic mass is 9.90. The number of amides is 1. The molecule has 5 nitrogen and oxygen atoms in total. The van der Waals surface area contributed by atoms with Crippen LogP contribution >= 0.6 is 11.6 Å². The van der Waals surface area contributed by atoms with Gasteiger partial charge in [-0.05, 0) is 61.9 Å². The smallest absolute Gasteiger partial charge is 0.255 e. The van der Waals surface area contributed by atoms with Gasteiger partial charge in [0, 0.05) is 29.2 Å². The molecule has 0 saturated carbocycles. The average Bonchev–Trinajstić information content (AvgIpc) is 2.69. The fourth-order valence-electron chi connectivity index (χ4n) is 2.57. The van der Waals surface area contributed by atoms with Crippen molar-refractivity contribution in [2.75, 3.05) is 5.32 Å². The van der Waals surface area contributed by atoms with Gasteiger partial charge in [-0.25, -0.2) is 9.37 Å². The summed E-state index contributed by atoms with van der Waals surface area (Å²) in [6, 6.07) is 12.7. The minimum Gasteiger partial charge on any atom is -0.322 e. The maximum absolute atomic E-state index is 14.3. The third-order valence-corrected chi connectivity index (χ3v) is 4.41. The van der Waals surface area contributed by atoms with Gasteiger partial charge in [0.15, 0.2) is 0 Å². The Balaban J connectivity index is 1.89. The highest BCUT2D eigenvalue weighted by molar-refractivity contribution is 6.29. The summed E-state index contributed by atoms with van der Waals surface area (Å²) in [5, 5.41) is 12.2. The number of carbonyl (C=O) groups excluding carboxylic acids is 1. The van der Waals surface area contributed by atoms with E-state index in [1.165, 1.54) is 30.6 Å². The molecule has 0 atom stereocenters. The van der Waals surface area contributed by atoms with Gasteiger partial charge in [0.25, 0.3) is 5.91 Å². The number of benzene rings is 1. The second kappa shape index (κ2) is 7.75. The molecule has 0 aliphatic heterocycles. The summed E-state index contributed by atoms with van der Waals surface area (Å²) in [6.07, 6.45) is 2.97. The van der Waals surface area contributed by atoms with E-state index < -0.39 is 11.2 Å². The van der Waals surface area contributed by atoms with Gasteiger partial charge < -0.3 is 5.32 Å². The van der Waals surface area contributed by atoms with Crippen LogP contribution in [0.3, 0.4) is 0 Å². The summed E-state index contributed by atoms with van der Waals surface area (Å²) < 4.78 is 14.3. The number of nitriles is 1. The summed E-state index contributed by atoms with van der Waals surface area (Å²) in [6.45, 7) is 3.45. The summed E-state index contributed by atoms with van der Waals surface area (Å²) in [4.78, 5) is 20.7. The number of nitrogens with one attached hydrogen (secondary N) is 1. The SMILES string of the molecule is CC(C)(C#N)c1cc(C(=O)Nc2ccc(F)c(-c3ccnc(Cl)c3)c2)ccn1. The molecule has 0 aliphatic carbocycles. The highest BCUT2D eigenvalue weighted by Crippen LogP contribution is 2.27. The zero-order valence-electron chi connectivity index (χ0n) is 15.2. The Kier molecular flexibility index (Phi) is 5.39. The van der Waals surface area contributed by atoms with Crippen molar-refractivity contribution in [3.63, 3.8) is 0 Å². The topological polar surface area (TPSA) is 78.7 Å². The first kappa shape index (κ1) is 19.5. The first-order valence-corrected chi connectivity index (χ1v) is 8.78. The molecule has 1 amide bonds. The van der Waals surface area contributed by atoms with Crippen molar-refractivity contribution in [2.24, 2.45) is 0 Å². The largest absolute Gasteiger partial charge is 0.322 e. The van der Waals surface area contributed by atoms with Crippen LogP contribution in [0.5, 0.6) is 0 Å². The second-order valence-corrected chi connectivity index (χ2v) is 7.07. The quantitative estimate of drug-likeness (QED) is 0.632. The lowest BCUT2D eigenvalue weighted by Crippen LogP contribution is -2.18. The molecule has 7 heteroatoms. The van der Waals surface area contributed by atoms with Crippen LogP contribution in [0, 0.1) is 17.1 Å². The normalized spacial score (nSPS) is 11.0. The van der Waals surface area contributed by atoms with Crippen LogP contribution in [0.1, 0.15) is 29.9 Å². The average molecular weight is 395 g/mol. The number of hydrogen-bond acceptors (Lipinski definition) is 4. The summed E-state index contributed by atoms with van der Waals surface area (Å²) >= 11 is 5.88. The van der Waals surface area contributed by atoms with Gasteiger partial charge in [-0.15, -0.1) is 0 Å². The summed E-state index contributed by atoms with van der Waals surface area (Å²) in [5.74, 6) is -0.829. The number of nitrogens with zero attached hydrogens (tertiary/aromatic N) is 3. The Hall–Kier alpha value is -3.30. The van der Waals surface area contributed by atoms with E-state index in [9.17, 15) is 14.4 Å². The summed E-state index contributed by atoms with van der Waals surface area (Å²) in [7, 11) is 0. The first-order chi connectivity index (χ1) is 13.3. The van der Waals surface area contributed by atoms with Gasteiger partial charge in [0.1, 0.15) is 11.0 Å². The van der Waals surface area contributed by atoms with E-state index in [0.717, 1.165) is 0 Å². The first-order valence-electron chi connectivity index (χ1n) is 8.41. The van der Waals surface area contributed by atoms with Gasteiger partial charge in [0.2, 0.25) is 0 Å². The molecule has 0 radical (unpaired) electrons. The molecule has 28 heavy (non-hydrogen) atoms. The standard InChI is InChI=1S/C21H16ClFN4O/c1-21(2,12-24)18-9-14(6-7-25-18)20(28)27-15-3-4-17(23)16(11-15)13-5-8-26-19(22)10-13/h3-11H,1-2H3,(H,27,28). The molecule has 2 aromatic heterocycles. The molecular formula is C21H16ClFN4O. The number of pyridine rings is 2. The number of halogens is 2. The number of rotatable bonds is 4. The van der Waals surface area contributed by atoms with Crippen LogP contribution in [0.25, 0.3) is 11.1 Å². The molecule has 3 aromatic rings. The van der Waals surface area contributed by atoms with Gasteiger partial charge in [-0.1, -0.05) is 11.6 Å². The van der Waals surface area contributed by atoms with Crippen LogP contribution in [0.15, 0.2) is 54.9 Å². The lowest BCUT2D eigenvalue weighted by Gasteiger charge is -2.15. The third-order valence-electron chi connectivity index (χ3n) is 4.20. The van der Waals surface area contributed by atoms with E-state index in [0.29, 0.717) is 28.1 Å². The molecular weight excluding hydrogens is 379 g/mol. The molecule has 0 spiro atoms. The minimum atomic E-state index is -0.819. The molecule has 0 saturated heterocycles. The molecule has 1 N–H and O–H groups in total. The predicted octanol–water partition coefficient (Wildman–Crippen LogP) is 4.99. The Bertz CT molecular complexity index is 1090. The van der Waals surface area contributed by atoms with E-state index in [1.807, 2.05) is 0 Å². The Morgan fingerprint density at radius 3 is 2.61 bits per heavy atom. The maximum Gasteiger partial charge on any atom is 0.255 e. The zero-order valence-corrected chi connectivity index (χ0v) is 16.0. The minimum absolute atomic E-state index is 0.246. The Labute approximate surface area is 166 Å².